The molecule has 0 aliphatic rings. The van der Waals surface area contributed by atoms with Crippen LogP contribution in [0.5, 0.6) is 0 Å². The minimum absolute atomic E-state index is 0.0244. The third-order valence-electron chi connectivity index (χ3n) is 2.50. The third kappa shape index (κ3) is 4.93. The maximum Gasteiger partial charge on any atom is 0.309 e. The zero-order valence-corrected chi connectivity index (χ0v) is 9.96. The molecular weight excluding hydrogens is 194 g/mol. The summed E-state index contributed by atoms with van der Waals surface area (Å²) in [5.74, 6) is -0.856. The molecule has 0 atom stereocenters. The summed E-state index contributed by atoms with van der Waals surface area (Å²) in [4.78, 5) is 22.2. The van der Waals surface area contributed by atoms with Crippen LogP contribution < -0.4 is 5.73 Å². The molecule has 0 aliphatic carbocycles. The second-order valence-electron chi connectivity index (χ2n) is 5.19. The zero-order valence-electron chi connectivity index (χ0n) is 9.96. The predicted octanol–water partition coefficient (Wildman–Crippen LogP) is 1.57. The van der Waals surface area contributed by atoms with Crippen LogP contribution in [-0.4, -0.2) is 22.4 Å². The number of carbonyl (C=O) groups is 2. The van der Waals surface area contributed by atoms with E-state index < -0.39 is 16.9 Å². The van der Waals surface area contributed by atoms with E-state index in [9.17, 15) is 9.59 Å². The van der Waals surface area contributed by atoms with Gasteiger partial charge in [-0.25, -0.2) is 0 Å². The van der Waals surface area contributed by atoms with Crippen molar-refractivity contribution in [2.45, 2.75) is 52.5 Å². The van der Waals surface area contributed by atoms with Crippen molar-refractivity contribution < 1.29 is 14.7 Å². The zero-order chi connectivity index (χ0) is 12.3. The summed E-state index contributed by atoms with van der Waals surface area (Å²) in [6.07, 6.45) is 1.41. The number of carbonyl (C=O) groups excluding carboxylic acids is 1. The Hall–Kier alpha value is -0.900. The van der Waals surface area contributed by atoms with Gasteiger partial charge in [-0.1, -0.05) is 0 Å². The van der Waals surface area contributed by atoms with E-state index >= 15 is 0 Å². The molecular formula is C11H21NO3. The van der Waals surface area contributed by atoms with Crippen molar-refractivity contribution in [2.75, 3.05) is 0 Å². The van der Waals surface area contributed by atoms with E-state index in [1.54, 1.807) is 27.7 Å². The van der Waals surface area contributed by atoms with Gasteiger partial charge in [0.15, 0.2) is 5.78 Å². The largest absolute Gasteiger partial charge is 0.481 e. The number of hydrogen-bond acceptors (Lipinski definition) is 3. The van der Waals surface area contributed by atoms with Crippen LogP contribution in [0.15, 0.2) is 0 Å². The Morgan fingerprint density at radius 1 is 1.20 bits per heavy atom. The Bertz CT molecular complexity index is 251. The summed E-state index contributed by atoms with van der Waals surface area (Å²) >= 11 is 0. The summed E-state index contributed by atoms with van der Waals surface area (Å²) < 4.78 is 0. The molecule has 0 unspecified atom stereocenters. The number of rotatable bonds is 6. The number of carboxylic acid groups (broad SMARTS) is 1. The molecule has 4 heteroatoms. The van der Waals surface area contributed by atoms with E-state index in [-0.39, 0.29) is 5.78 Å². The molecule has 0 aromatic heterocycles. The van der Waals surface area contributed by atoms with E-state index in [4.69, 9.17) is 10.8 Å². The Morgan fingerprint density at radius 3 is 2.00 bits per heavy atom. The van der Waals surface area contributed by atoms with Crippen molar-refractivity contribution in [2.24, 2.45) is 11.1 Å². The maximum absolute atomic E-state index is 11.4. The minimum Gasteiger partial charge on any atom is -0.481 e. The van der Waals surface area contributed by atoms with Crippen LogP contribution in [0, 0.1) is 5.41 Å². The molecule has 0 fully saturated rings. The van der Waals surface area contributed by atoms with Crippen LogP contribution >= 0.6 is 0 Å². The van der Waals surface area contributed by atoms with Crippen molar-refractivity contribution in [3.63, 3.8) is 0 Å². The molecule has 3 N–H and O–H groups in total. The Balaban J connectivity index is 4.01. The summed E-state index contributed by atoms with van der Waals surface area (Å²) in [6.45, 7) is 6.65. The summed E-state index contributed by atoms with van der Waals surface area (Å²) in [5.41, 5.74) is 4.05. The molecule has 15 heavy (non-hydrogen) atoms. The van der Waals surface area contributed by atoms with Crippen LogP contribution in [-0.2, 0) is 9.59 Å². The van der Waals surface area contributed by atoms with Gasteiger partial charge in [0.25, 0.3) is 0 Å². The predicted molar refractivity (Wildman–Crippen MR) is 58.5 cm³/mol. The first-order valence-electron chi connectivity index (χ1n) is 5.13. The number of carboxylic acids is 1. The van der Waals surface area contributed by atoms with Gasteiger partial charge in [0.05, 0.1) is 11.0 Å². The van der Waals surface area contributed by atoms with E-state index in [2.05, 4.69) is 0 Å². The molecule has 0 saturated heterocycles. The van der Waals surface area contributed by atoms with Gasteiger partial charge in [0.1, 0.15) is 0 Å². The van der Waals surface area contributed by atoms with Crippen molar-refractivity contribution in [1.82, 2.24) is 0 Å². The van der Waals surface area contributed by atoms with Crippen molar-refractivity contribution in [1.29, 1.82) is 0 Å². The molecule has 0 heterocycles. The number of aliphatic carboxylic acids is 1. The number of Topliss-reactive ketones (excluding diaryl/α,β-unsaturated/α-hetero) is 1. The molecule has 0 spiro atoms. The summed E-state index contributed by atoms with van der Waals surface area (Å²) in [7, 11) is 0. The standard InChI is InChI=1S/C11H21NO3/c1-10(2,9(14)15)7-5-6-8(13)11(3,4)12/h5-7,12H2,1-4H3,(H,14,15). The first kappa shape index (κ1) is 14.1. The van der Waals surface area contributed by atoms with E-state index in [1.807, 2.05) is 0 Å². The molecule has 0 bridgehead atoms. The minimum atomic E-state index is -0.832. The van der Waals surface area contributed by atoms with Crippen molar-refractivity contribution in [3.8, 4) is 0 Å². The first-order chi connectivity index (χ1) is 6.57. The fourth-order valence-electron chi connectivity index (χ4n) is 1.12. The lowest BCUT2D eigenvalue weighted by atomic mass is 9.85. The summed E-state index contributed by atoms with van der Waals surface area (Å²) in [5, 5.41) is 8.86. The second kappa shape index (κ2) is 4.75. The molecule has 0 rings (SSSR count). The van der Waals surface area contributed by atoms with Crippen molar-refractivity contribution in [3.05, 3.63) is 0 Å². The SMILES string of the molecule is CC(C)(N)C(=O)CCCC(C)(C)C(=O)O. The topological polar surface area (TPSA) is 80.4 Å². The van der Waals surface area contributed by atoms with Gasteiger partial charge in [-0.05, 0) is 40.5 Å². The quantitative estimate of drug-likeness (QED) is 0.704. The molecule has 0 aromatic carbocycles. The highest BCUT2D eigenvalue weighted by Gasteiger charge is 2.28. The molecule has 4 nitrogen and oxygen atoms in total. The lowest BCUT2D eigenvalue weighted by Gasteiger charge is -2.20. The van der Waals surface area contributed by atoms with Gasteiger partial charge in [-0.15, -0.1) is 0 Å². The van der Waals surface area contributed by atoms with Crippen molar-refractivity contribution >= 4 is 11.8 Å². The number of ketones is 1. The lowest BCUT2D eigenvalue weighted by Crippen LogP contribution is -2.41. The maximum atomic E-state index is 11.4. The van der Waals surface area contributed by atoms with Crippen LogP contribution in [0.3, 0.4) is 0 Å². The molecule has 0 saturated carbocycles. The number of hydrogen-bond donors (Lipinski definition) is 2. The van der Waals surface area contributed by atoms with Gasteiger partial charge >= 0.3 is 5.97 Å². The van der Waals surface area contributed by atoms with Gasteiger partial charge in [0, 0.05) is 6.42 Å². The lowest BCUT2D eigenvalue weighted by molar-refractivity contribution is -0.147. The Kier molecular flexibility index (Phi) is 4.46. The van der Waals surface area contributed by atoms with Crippen LogP contribution in [0.2, 0.25) is 0 Å². The van der Waals surface area contributed by atoms with Gasteiger partial charge in [0.2, 0.25) is 0 Å². The van der Waals surface area contributed by atoms with Gasteiger partial charge in [-0.2, -0.15) is 0 Å². The van der Waals surface area contributed by atoms with Crippen LogP contribution in [0.25, 0.3) is 0 Å². The third-order valence-corrected chi connectivity index (χ3v) is 2.50. The number of nitrogens with two attached hydrogens (primary N) is 1. The first-order valence-corrected chi connectivity index (χ1v) is 5.13. The van der Waals surface area contributed by atoms with E-state index in [1.165, 1.54) is 0 Å². The highest BCUT2D eigenvalue weighted by Crippen LogP contribution is 2.23. The molecule has 0 aromatic rings. The Labute approximate surface area is 90.8 Å². The molecule has 0 aliphatic heterocycles. The van der Waals surface area contributed by atoms with Gasteiger partial charge < -0.3 is 10.8 Å². The molecule has 0 radical (unpaired) electrons. The highest BCUT2D eigenvalue weighted by atomic mass is 16.4. The average molecular weight is 215 g/mol. The average Bonchev–Trinajstić information content (AvgIpc) is 2.01. The smallest absolute Gasteiger partial charge is 0.309 e. The van der Waals surface area contributed by atoms with E-state index in [0.717, 1.165) is 0 Å². The fourth-order valence-corrected chi connectivity index (χ4v) is 1.12. The Morgan fingerprint density at radius 2 is 1.67 bits per heavy atom. The van der Waals surface area contributed by atoms with Crippen LogP contribution in [0.1, 0.15) is 47.0 Å². The monoisotopic (exact) mass is 215 g/mol. The van der Waals surface area contributed by atoms with Gasteiger partial charge in [-0.3, -0.25) is 9.59 Å². The normalized spacial score (nSPS) is 12.6. The van der Waals surface area contributed by atoms with E-state index in [0.29, 0.717) is 19.3 Å². The summed E-state index contributed by atoms with van der Waals surface area (Å²) in [6, 6.07) is 0. The highest BCUT2D eigenvalue weighted by molar-refractivity contribution is 5.87. The fraction of sp³-hybridized carbons (Fsp3) is 0.818. The van der Waals surface area contributed by atoms with Crippen LogP contribution in [0.4, 0.5) is 0 Å². The molecule has 0 amide bonds. The molecule has 88 valence electrons. The second-order valence-corrected chi connectivity index (χ2v) is 5.19.